The van der Waals surface area contributed by atoms with Crippen LogP contribution >= 0.6 is 22.9 Å². The van der Waals surface area contributed by atoms with Crippen LogP contribution < -0.4 is 9.70 Å². The molecule has 0 atom stereocenters. The van der Waals surface area contributed by atoms with Gasteiger partial charge in [-0.1, -0.05) is 35.9 Å². The average Bonchev–Trinajstić information content (AvgIpc) is 3.12. The van der Waals surface area contributed by atoms with Crippen molar-refractivity contribution in [1.82, 2.24) is 4.68 Å². The van der Waals surface area contributed by atoms with Crippen LogP contribution in [0, 0.1) is 0 Å². The highest BCUT2D eigenvalue weighted by molar-refractivity contribution is 7.07. The number of benzene rings is 2. The van der Waals surface area contributed by atoms with Crippen molar-refractivity contribution in [1.29, 1.82) is 0 Å². The van der Waals surface area contributed by atoms with E-state index in [1.54, 1.807) is 18.4 Å². The summed E-state index contributed by atoms with van der Waals surface area (Å²) in [5, 5.41) is 7.46. The zero-order valence-corrected chi connectivity index (χ0v) is 17.3. The summed E-state index contributed by atoms with van der Waals surface area (Å²) in [6, 6.07) is 16.2. The maximum Gasteiger partial charge on any atom is 0.205 e. The Morgan fingerprint density at radius 3 is 2.30 bits per heavy atom. The van der Waals surface area contributed by atoms with Crippen LogP contribution in [0.1, 0.15) is 19.4 Å². The molecule has 0 fully saturated rings. The minimum atomic E-state index is 0.720. The molecule has 0 aliphatic rings. The van der Waals surface area contributed by atoms with E-state index in [-0.39, 0.29) is 0 Å². The van der Waals surface area contributed by atoms with E-state index >= 15 is 0 Å². The summed E-state index contributed by atoms with van der Waals surface area (Å²) < 4.78 is 1.87. The van der Waals surface area contributed by atoms with Crippen LogP contribution in [0.4, 0.5) is 5.69 Å². The zero-order valence-electron chi connectivity index (χ0n) is 15.8. The standard InChI is InChI=1S/C21H23ClN4S/c1-4-25(5-2)19-12-6-16(7-13-19)14-24-26-20(15-27-21(26)23-3)17-8-10-18(22)11-9-17/h6-15H,4-5H2,1-3H3. The Bertz CT molecular complexity index is 965. The van der Waals surface area contributed by atoms with Crippen LogP contribution in [0.5, 0.6) is 0 Å². The monoisotopic (exact) mass is 398 g/mol. The Morgan fingerprint density at radius 2 is 1.70 bits per heavy atom. The fourth-order valence-electron chi connectivity index (χ4n) is 2.87. The second-order valence-electron chi connectivity index (χ2n) is 5.95. The third-order valence-electron chi connectivity index (χ3n) is 4.36. The lowest BCUT2D eigenvalue weighted by Crippen LogP contribution is -2.21. The second-order valence-corrected chi connectivity index (χ2v) is 7.23. The van der Waals surface area contributed by atoms with Crippen LogP contribution in [0.2, 0.25) is 5.02 Å². The number of aromatic nitrogens is 1. The van der Waals surface area contributed by atoms with Gasteiger partial charge in [-0.15, -0.1) is 11.3 Å². The maximum absolute atomic E-state index is 6.01. The molecule has 2 aromatic carbocycles. The highest BCUT2D eigenvalue weighted by atomic mass is 35.5. The Balaban J connectivity index is 1.91. The minimum absolute atomic E-state index is 0.720. The van der Waals surface area contributed by atoms with Gasteiger partial charge >= 0.3 is 0 Å². The molecule has 1 heterocycles. The zero-order chi connectivity index (χ0) is 19.2. The van der Waals surface area contributed by atoms with E-state index in [0.29, 0.717) is 0 Å². The topological polar surface area (TPSA) is 32.9 Å². The molecule has 0 bridgehead atoms. The maximum atomic E-state index is 6.01. The number of halogens is 1. The summed E-state index contributed by atoms with van der Waals surface area (Å²) >= 11 is 7.58. The van der Waals surface area contributed by atoms with E-state index in [0.717, 1.165) is 39.7 Å². The fraction of sp³-hybridized carbons (Fsp3) is 0.238. The molecule has 4 nitrogen and oxygen atoms in total. The Hall–Kier alpha value is -2.37. The third-order valence-corrected chi connectivity index (χ3v) is 5.52. The Morgan fingerprint density at radius 1 is 1.04 bits per heavy atom. The SMILES string of the molecule is CCN(CC)c1ccc(C=Nn2c(-c3ccc(Cl)cc3)csc2=NC)cc1. The molecular formula is C21H23ClN4S. The molecule has 0 aliphatic heterocycles. The first-order valence-electron chi connectivity index (χ1n) is 8.95. The van der Waals surface area contributed by atoms with Crippen molar-refractivity contribution in [3.05, 3.63) is 69.3 Å². The number of thiazole rings is 1. The average molecular weight is 399 g/mol. The van der Waals surface area contributed by atoms with Gasteiger partial charge in [-0.05, 0) is 43.7 Å². The van der Waals surface area contributed by atoms with Crippen molar-refractivity contribution >= 4 is 34.8 Å². The summed E-state index contributed by atoms with van der Waals surface area (Å²) in [7, 11) is 1.78. The van der Waals surface area contributed by atoms with Crippen LogP contribution in [-0.2, 0) is 0 Å². The second kappa shape index (κ2) is 9.02. The van der Waals surface area contributed by atoms with E-state index < -0.39 is 0 Å². The van der Waals surface area contributed by atoms with Gasteiger partial charge in [-0.25, -0.2) is 4.68 Å². The molecule has 0 amide bonds. The van der Waals surface area contributed by atoms with Gasteiger partial charge in [0, 0.05) is 41.8 Å². The molecular weight excluding hydrogens is 376 g/mol. The largest absolute Gasteiger partial charge is 0.372 e. The van der Waals surface area contributed by atoms with Crippen LogP contribution in [-0.4, -0.2) is 31.0 Å². The molecule has 3 aromatic rings. The fourth-order valence-corrected chi connectivity index (χ4v) is 3.80. The summed E-state index contributed by atoms with van der Waals surface area (Å²) in [4.78, 5) is 7.51. The van der Waals surface area contributed by atoms with Gasteiger partial charge in [0.25, 0.3) is 0 Å². The smallest absolute Gasteiger partial charge is 0.205 e. The molecule has 0 N–H and O–H groups in total. The van der Waals surface area contributed by atoms with Crippen LogP contribution in [0.15, 0.2) is 64.0 Å². The molecule has 0 unspecified atom stereocenters. The molecule has 3 rings (SSSR count). The van der Waals surface area contributed by atoms with E-state index in [9.17, 15) is 0 Å². The molecule has 0 radical (unpaired) electrons. The van der Waals surface area contributed by atoms with Gasteiger partial charge in [0.2, 0.25) is 4.80 Å². The van der Waals surface area contributed by atoms with Crippen LogP contribution in [0.3, 0.4) is 0 Å². The number of hydrogen-bond donors (Lipinski definition) is 0. The molecule has 27 heavy (non-hydrogen) atoms. The van der Waals surface area contributed by atoms with Crippen molar-refractivity contribution in [3.8, 4) is 11.3 Å². The first-order valence-corrected chi connectivity index (χ1v) is 10.2. The summed E-state index contributed by atoms with van der Waals surface area (Å²) in [6.07, 6.45) is 1.87. The quantitative estimate of drug-likeness (QED) is 0.530. The third kappa shape index (κ3) is 4.49. The Labute approximate surface area is 169 Å². The van der Waals surface area contributed by atoms with Crippen molar-refractivity contribution in [2.45, 2.75) is 13.8 Å². The number of anilines is 1. The van der Waals surface area contributed by atoms with Gasteiger partial charge in [0.05, 0.1) is 11.9 Å². The van der Waals surface area contributed by atoms with Gasteiger partial charge in [-0.3, -0.25) is 4.99 Å². The van der Waals surface area contributed by atoms with Gasteiger partial charge in [0.1, 0.15) is 0 Å². The van der Waals surface area contributed by atoms with E-state index in [2.05, 4.69) is 58.5 Å². The molecule has 0 saturated heterocycles. The lowest BCUT2D eigenvalue weighted by molar-refractivity contribution is 0.848. The molecule has 140 valence electrons. The summed E-state index contributed by atoms with van der Waals surface area (Å²) in [5.74, 6) is 0. The number of nitrogens with zero attached hydrogens (tertiary/aromatic N) is 4. The predicted octanol–water partition coefficient (Wildman–Crippen LogP) is 5.13. The molecule has 0 spiro atoms. The van der Waals surface area contributed by atoms with Gasteiger partial charge in [0.15, 0.2) is 0 Å². The van der Waals surface area contributed by atoms with Crippen molar-refractivity contribution in [2.75, 3.05) is 25.0 Å². The van der Waals surface area contributed by atoms with Gasteiger partial charge in [-0.2, -0.15) is 5.10 Å². The highest BCUT2D eigenvalue weighted by Crippen LogP contribution is 2.22. The Kier molecular flexibility index (Phi) is 6.48. The lowest BCUT2D eigenvalue weighted by Gasteiger charge is -2.20. The first kappa shape index (κ1) is 19.4. The predicted molar refractivity (Wildman–Crippen MR) is 117 cm³/mol. The molecule has 1 aromatic heterocycles. The van der Waals surface area contributed by atoms with E-state index in [4.69, 9.17) is 11.6 Å². The normalized spacial score (nSPS) is 12.1. The molecule has 6 heteroatoms. The number of rotatable bonds is 6. The summed E-state index contributed by atoms with van der Waals surface area (Å²) in [6.45, 7) is 6.33. The van der Waals surface area contributed by atoms with Crippen molar-refractivity contribution in [2.24, 2.45) is 10.1 Å². The van der Waals surface area contributed by atoms with E-state index in [1.807, 2.05) is 35.2 Å². The minimum Gasteiger partial charge on any atom is -0.372 e. The highest BCUT2D eigenvalue weighted by Gasteiger charge is 2.07. The van der Waals surface area contributed by atoms with E-state index in [1.165, 1.54) is 5.69 Å². The van der Waals surface area contributed by atoms with Crippen molar-refractivity contribution < 1.29 is 0 Å². The van der Waals surface area contributed by atoms with Gasteiger partial charge < -0.3 is 4.90 Å². The first-order chi connectivity index (χ1) is 13.2. The molecule has 0 saturated carbocycles. The lowest BCUT2D eigenvalue weighted by atomic mass is 10.2. The molecule has 0 aliphatic carbocycles. The van der Waals surface area contributed by atoms with Crippen molar-refractivity contribution in [3.63, 3.8) is 0 Å². The number of hydrogen-bond acceptors (Lipinski definition) is 4. The summed E-state index contributed by atoms with van der Waals surface area (Å²) in [5.41, 5.74) is 4.33. The van der Waals surface area contributed by atoms with Crippen LogP contribution in [0.25, 0.3) is 11.3 Å².